The molecular formula is C15H18N2O3. The van der Waals surface area contributed by atoms with Crippen LogP contribution < -0.4 is 0 Å². The first-order valence-electron chi connectivity index (χ1n) is 6.06. The molecule has 0 saturated carbocycles. The highest BCUT2D eigenvalue weighted by Gasteiger charge is 2.14. The smallest absolute Gasteiger partial charge is 0.134 e. The number of nitriles is 1. The van der Waals surface area contributed by atoms with Crippen molar-refractivity contribution in [2.24, 2.45) is 7.05 Å². The monoisotopic (exact) mass is 274 g/mol. The van der Waals surface area contributed by atoms with Gasteiger partial charge in [-0.1, -0.05) is 0 Å². The molecule has 0 aliphatic carbocycles. The lowest BCUT2D eigenvalue weighted by atomic mass is 10.1. The van der Waals surface area contributed by atoms with Crippen molar-refractivity contribution in [2.45, 2.75) is 13.3 Å². The zero-order chi connectivity index (χ0) is 15.3. The minimum atomic E-state index is -0.0438. The Morgan fingerprint density at radius 1 is 1.45 bits per heavy atom. The maximum atomic E-state index is 10.7. The largest absolute Gasteiger partial charge is 0.507 e. The van der Waals surface area contributed by atoms with E-state index in [1.54, 1.807) is 26.4 Å². The van der Waals surface area contributed by atoms with Crippen molar-refractivity contribution in [2.75, 3.05) is 14.2 Å². The van der Waals surface area contributed by atoms with Gasteiger partial charge in [-0.2, -0.15) is 5.26 Å². The molecule has 0 unspecified atom stereocenters. The molecule has 0 atom stereocenters. The standard InChI is InChI=1S/C13H12N2O2.C2H6O/c1-8-10(3-4-16)11-6-13(17)9(7-14)5-12(11)15(8)2;1-3-2/h4-6,17H,3H2,1-2H3;1-2H3. The number of hydrogen-bond acceptors (Lipinski definition) is 4. The first-order chi connectivity index (χ1) is 9.51. The Balaban J connectivity index is 0.000000612. The van der Waals surface area contributed by atoms with Crippen LogP contribution in [0, 0.1) is 18.3 Å². The molecule has 5 nitrogen and oxygen atoms in total. The van der Waals surface area contributed by atoms with E-state index < -0.39 is 0 Å². The summed E-state index contributed by atoms with van der Waals surface area (Å²) in [4.78, 5) is 10.7. The minimum Gasteiger partial charge on any atom is -0.507 e. The van der Waals surface area contributed by atoms with Gasteiger partial charge in [-0.3, -0.25) is 0 Å². The molecule has 1 heterocycles. The summed E-state index contributed by atoms with van der Waals surface area (Å²) in [5, 5.41) is 19.4. The van der Waals surface area contributed by atoms with Gasteiger partial charge < -0.3 is 19.2 Å². The van der Waals surface area contributed by atoms with Crippen LogP contribution >= 0.6 is 0 Å². The second-order valence-corrected chi connectivity index (χ2v) is 4.40. The molecule has 1 aromatic heterocycles. The van der Waals surface area contributed by atoms with Gasteiger partial charge in [0.05, 0.1) is 5.56 Å². The number of methoxy groups -OCH3 is 1. The topological polar surface area (TPSA) is 75.2 Å². The summed E-state index contributed by atoms with van der Waals surface area (Å²) in [6.45, 7) is 1.92. The molecule has 0 bridgehead atoms. The third-order valence-electron chi connectivity index (χ3n) is 3.15. The molecule has 5 heteroatoms. The molecule has 20 heavy (non-hydrogen) atoms. The van der Waals surface area contributed by atoms with Gasteiger partial charge in [-0.05, 0) is 24.6 Å². The fourth-order valence-corrected chi connectivity index (χ4v) is 2.10. The first kappa shape index (κ1) is 15.7. The Morgan fingerprint density at radius 3 is 2.55 bits per heavy atom. The van der Waals surface area contributed by atoms with Crippen LogP contribution in [-0.4, -0.2) is 30.2 Å². The molecule has 1 aromatic carbocycles. The molecule has 106 valence electrons. The minimum absolute atomic E-state index is 0.0438. The van der Waals surface area contributed by atoms with E-state index in [0.29, 0.717) is 6.42 Å². The van der Waals surface area contributed by atoms with Crippen molar-refractivity contribution in [3.8, 4) is 11.8 Å². The van der Waals surface area contributed by atoms with E-state index in [4.69, 9.17) is 5.26 Å². The molecule has 0 aliphatic heterocycles. The summed E-state index contributed by atoms with van der Waals surface area (Å²) < 4.78 is 6.18. The van der Waals surface area contributed by atoms with E-state index in [0.717, 1.165) is 28.4 Å². The van der Waals surface area contributed by atoms with E-state index in [-0.39, 0.29) is 11.3 Å². The predicted octanol–water partition coefficient (Wildman–Crippen LogP) is 2.07. The fraction of sp³-hybridized carbons (Fsp3) is 0.333. The van der Waals surface area contributed by atoms with Crippen LogP contribution in [0.3, 0.4) is 0 Å². The SMILES string of the molecule is COC.Cc1c(CC=O)c2cc(O)c(C#N)cc2n1C. The van der Waals surface area contributed by atoms with Crippen molar-refractivity contribution < 1.29 is 14.6 Å². The van der Waals surface area contributed by atoms with Crippen molar-refractivity contribution >= 4 is 17.2 Å². The molecule has 0 amide bonds. The number of nitrogens with zero attached hydrogens (tertiary/aromatic N) is 2. The molecule has 0 aliphatic rings. The Bertz CT molecular complexity index is 666. The summed E-state index contributed by atoms with van der Waals surface area (Å²) in [6.07, 6.45) is 1.16. The lowest BCUT2D eigenvalue weighted by Gasteiger charge is -2.00. The zero-order valence-corrected chi connectivity index (χ0v) is 12.1. The number of carbonyl (C=O) groups is 1. The average molecular weight is 274 g/mol. The third-order valence-corrected chi connectivity index (χ3v) is 3.15. The molecule has 1 N–H and O–H groups in total. The lowest BCUT2D eigenvalue weighted by Crippen LogP contribution is -1.93. The van der Waals surface area contributed by atoms with Gasteiger partial charge >= 0.3 is 0 Å². The summed E-state index contributed by atoms with van der Waals surface area (Å²) >= 11 is 0. The Kier molecular flexibility index (Phi) is 5.30. The predicted molar refractivity (Wildman–Crippen MR) is 76.7 cm³/mol. The van der Waals surface area contributed by atoms with E-state index in [1.807, 2.05) is 24.6 Å². The van der Waals surface area contributed by atoms with Crippen LogP contribution in [0.4, 0.5) is 0 Å². The number of aromatic nitrogens is 1. The Hall–Kier alpha value is -2.32. The lowest BCUT2D eigenvalue weighted by molar-refractivity contribution is -0.107. The quantitative estimate of drug-likeness (QED) is 0.851. The number of hydrogen-bond donors (Lipinski definition) is 1. The third kappa shape index (κ3) is 2.81. The van der Waals surface area contributed by atoms with E-state index in [9.17, 15) is 9.90 Å². The van der Waals surface area contributed by atoms with Crippen LogP contribution in [0.15, 0.2) is 12.1 Å². The molecule has 0 radical (unpaired) electrons. The van der Waals surface area contributed by atoms with E-state index >= 15 is 0 Å². The van der Waals surface area contributed by atoms with Crippen LogP contribution in [-0.2, 0) is 23.0 Å². The molecule has 0 saturated heterocycles. The molecular weight excluding hydrogens is 256 g/mol. The summed E-state index contributed by atoms with van der Waals surface area (Å²) in [7, 11) is 5.13. The van der Waals surface area contributed by atoms with Crippen molar-refractivity contribution in [3.05, 3.63) is 29.0 Å². The van der Waals surface area contributed by atoms with Gasteiger partial charge in [0.15, 0.2) is 0 Å². The highest BCUT2D eigenvalue weighted by Crippen LogP contribution is 2.30. The highest BCUT2D eigenvalue weighted by atomic mass is 16.4. The normalized spacial score (nSPS) is 9.75. The number of phenolic OH excluding ortho intramolecular Hbond substituents is 1. The number of phenols is 1. The molecule has 0 spiro atoms. The Labute approximate surface area is 118 Å². The first-order valence-corrected chi connectivity index (χ1v) is 6.06. The van der Waals surface area contributed by atoms with Crippen molar-refractivity contribution in [3.63, 3.8) is 0 Å². The van der Waals surface area contributed by atoms with Crippen LogP contribution in [0.2, 0.25) is 0 Å². The molecule has 2 rings (SSSR count). The maximum absolute atomic E-state index is 10.7. The number of benzene rings is 1. The van der Waals surface area contributed by atoms with Gasteiger partial charge in [0, 0.05) is 44.3 Å². The maximum Gasteiger partial charge on any atom is 0.134 e. The van der Waals surface area contributed by atoms with E-state index in [1.165, 1.54) is 0 Å². The molecule has 0 fully saturated rings. The number of fused-ring (bicyclic) bond motifs is 1. The van der Waals surface area contributed by atoms with Gasteiger partial charge in [-0.15, -0.1) is 0 Å². The van der Waals surface area contributed by atoms with Gasteiger partial charge in [0.1, 0.15) is 18.1 Å². The van der Waals surface area contributed by atoms with Gasteiger partial charge in [0.25, 0.3) is 0 Å². The second kappa shape index (κ2) is 6.73. The fourth-order valence-electron chi connectivity index (χ4n) is 2.10. The Morgan fingerprint density at radius 2 is 2.05 bits per heavy atom. The van der Waals surface area contributed by atoms with Gasteiger partial charge in [-0.25, -0.2) is 0 Å². The number of aromatic hydroxyl groups is 1. The van der Waals surface area contributed by atoms with E-state index in [2.05, 4.69) is 4.74 Å². The number of aryl methyl sites for hydroxylation is 1. The number of aldehydes is 1. The number of rotatable bonds is 2. The summed E-state index contributed by atoms with van der Waals surface area (Å²) in [5.74, 6) is -0.0438. The number of carbonyl (C=O) groups excluding carboxylic acids is 1. The van der Waals surface area contributed by atoms with Gasteiger partial charge in [0.2, 0.25) is 0 Å². The average Bonchev–Trinajstić information content (AvgIpc) is 2.64. The summed E-state index contributed by atoms with van der Waals surface area (Å²) in [5.41, 5.74) is 2.98. The number of ether oxygens (including phenoxy) is 1. The van der Waals surface area contributed by atoms with Crippen molar-refractivity contribution in [1.82, 2.24) is 4.57 Å². The summed E-state index contributed by atoms with van der Waals surface area (Å²) in [6, 6.07) is 5.14. The second-order valence-electron chi connectivity index (χ2n) is 4.40. The van der Waals surface area contributed by atoms with Crippen molar-refractivity contribution in [1.29, 1.82) is 5.26 Å². The van der Waals surface area contributed by atoms with Crippen LogP contribution in [0.5, 0.6) is 5.75 Å². The highest BCUT2D eigenvalue weighted by molar-refractivity contribution is 5.90. The van der Waals surface area contributed by atoms with Crippen LogP contribution in [0.1, 0.15) is 16.8 Å². The zero-order valence-electron chi connectivity index (χ0n) is 12.1. The molecule has 2 aromatic rings. The van der Waals surface area contributed by atoms with Crippen LogP contribution in [0.25, 0.3) is 10.9 Å².